The molecule has 0 saturated heterocycles. The average Bonchev–Trinajstić information content (AvgIpc) is 2.20. The van der Waals surface area contributed by atoms with Gasteiger partial charge in [0.15, 0.2) is 0 Å². The maximum atomic E-state index is 12.8. The van der Waals surface area contributed by atoms with Crippen LogP contribution in [0, 0.1) is 5.82 Å². The first-order valence-electron chi connectivity index (χ1n) is 4.38. The van der Waals surface area contributed by atoms with Gasteiger partial charge in [-0.1, -0.05) is 41.4 Å². The molecule has 0 aliphatic heterocycles. The zero-order chi connectivity index (χ0) is 10.8. The number of halogens is 3. The van der Waals surface area contributed by atoms with Crippen LogP contribution in [-0.4, -0.2) is 0 Å². The Morgan fingerprint density at radius 1 is 0.800 bits per heavy atom. The van der Waals surface area contributed by atoms with Crippen LogP contribution in [0.15, 0.2) is 42.5 Å². The van der Waals surface area contributed by atoms with Crippen LogP contribution in [0.4, 0.5) is 4.39 Å². The lowest BCUT2D eigenvalue weighted by Gasteiger charge is -2.06. The first kappa shape index (κ1) is 10.5. The molecule has 76 valence electrons. The summed E-state index contributed by atoms with van der Waals surface area (Å²) in [7, 11) is 0. The third-order valence-electron chi connectivity index (χ3n) is 2.10. The number of hydrogen-bond acceptors (Lipinski definition) is 0. The van der Waals surface area contributed by atoms with Gasteiger partial charge in [-0.25, -0.2) is 4.39 Å². The minimum Gasteiger partial charge on any atom is -0.207 e. The minimum atomic E-state index is -0.351. The van der Waals surface area contributed by atoms with Gasteiger partial charge in [0, 0.05) is 16.1 Å². The molecule has 0 aliphatic carbocycles. The zero-order valence-electron chi connectivity index (χ0n) is 7.68. The summed E-state index contributed by atoms with van der Waals surface area (Å²) in [5.41, 5.74) is 1.55. The third-order valence-corrected chi connectivity index (χ3v) is 2.74. The lowest BCUT2D eigenvalue weighted by molar-refractivity contribution is 0.628. The van der Waals surface area contributed by atoms with Gasteiger partial charge in [0.1, 0.15) is 5.82 Å². The van der Waals surface area contributed by atoms with Gasteiger partial charge in [0.05, 0.1) is 5.02 Å². The molecule has 0 radical (unpaired) electrons. The van der Waals surface area contributed by atoms with Gasteiger partial charge >= 0.3 is 0 Å². The highest BCUT2D eigenvalue weighted by Crippen LogP contribution is 2.33. The van der Waals surface area contributed by atoms with E-state index in [1.807, 2.05) is 18.2 Å². The van der Waals surface area contributed by atoms with Crippen LogP contribution < -0.4 is 0 Å². The molecule has 2 aromatic carbocycles. The van der Waals surface area contributed by atoms with E-state index in [1.165, 1.54) is 12.1 Å². The van der Waals surface area contributed by atoms with E-state index in [1.54, 1.807) is 12.1 Å². The topological polar surface area (TPSA) is 0 Å². The Kier molecular flexibility index (Phi) is 2.94. The van der Waals surface area contributed by atoms with Crippen molar-refractivity contribution >= 4 is 23.2 Å². The Bertz CT molecular complexity index is 495. The predicted molar refractivity (Wildman–Crippen MR) is 61.9 cm³/mol. The van der Waals surface area contributed by atoms with Crippen LogP contribution in [0.2, 0.25) is 10.0 Å². The van der Waals surface area contributed by atoms with Crippen LogP contribution in [0.3, 0.4) is 0 Å². The number of rotatable bonds is 1. The highest BCUT2D eigenvalue weighted by molar-refractivity contribution is 6.36. The van der Waals surface area contributed by atoms with Gasteiger partial charge in [-0.05, 0) is 24.3 Å². The van der Waals surface area contributed by atoms with Crippen LogP contribution in [-0.2, 0) is 0 Å². The molecule has 2 aromatic rings. The summed E-state index contributed by atoms with van der Waals surface area (Å²) < 4.78 is 12.8. The Labute approximate surface area is 97.3 Å². The molecule has 0 amide bonds. The van der Waals surface area contributed by atoms with Gasteiger partial charge in [0.2, 0.25) is 0 Å². The number of hydrogen-bond donors (Lipinski definition) is 0. The molecule has 3 heteroatoms. The van der Waals surface area contributed by atoms with Crippen LogP contribution in [0.1, 0.15) is 0 Å². The van der Waals surface area contributed by atoms with Gasteiger partial charge < -0.3 is 0 Å². The Morgan fingerprint density at radius 2 is 1.47 bits per heavy atom. The van der Waals surface area contributed by atoms with Gasteiger partial charge in [0.25, 0.3) is 0 Å². The molecule has 0 atom stereocenters. The Hall–Kier alpha value is -1.05. The zero-order valence-corrected chi connectivity index (χ0v) is 9.19. The van der Waals surface area contributed by atoms with Crippen molar-refractivity contribution in [3.63, 3.8) is 0 Å². The molecule has 0 nitrogen and oxygen atoms in total. The summed E-state index contributed by atoms with van der Waals surface area (Å²) in [5, 5.41) is 0.967. The van der Waals surface area contributed by atoms with E-state index < -0.39 is 0 Å². The molecule has 0 heterocycles. The van der Waals surface area contributed by atoms with Gasteiger partial charge in [-0.3, -0.25) is 0 Å². The first-order valence-corrected chi connectivity index (χ1v) is 5.14. The van der Waals surface area contributed by atoms with E-state index in [9.17, 15) is 4.39 Å². The molecule has 0 fully saturated rings. The fourth-order valence-corrected chi connectivity index (χ4v) is 1.89. The summed E-state index contributed by atoms with van der Waals surface area (Å²) in [6.45, 7) is 0. The molecular weight excluding hydrogens is 234 g/mol. The number of benzene rings is 2. The Balaban J connectivity index is 2.60. The standard InChI is InChI=1S/C12H7Cl2F/c13-11-4-2-1-3-9(11)10-6-5-8(15)7-12(10)14/h1-7H. The summed E-state index contributed by atoms with van der Waals surface area (Å²) in [6.07, 6.45) is 0. The maximum Gasteiger partial charge on any atom is 0.124 e. The van der Waals surface area contributed by atoms with Crippen molar-refractivity contribution in [2.75, 3.05) is 0 Å². The van der Waals surface area contributed by atoms with Gasteiger partial charge in [-0.15, -0.1) is 0 Å². The van der Waals surface area contributed by atoms with E-state index in [4.69, 9.17) is 23.2 Å². The highest BCUT2D eigenvalue weighted by Gasteiger charge is 2.07. The monoisotopic (exact) mass is 240 g/mol. The van der Waals surface area contributed by atoms with E-state index in [2.05, 4.69) is 0 Å². The second kappa shape index (κ2) is 4.21. The molecule has 15 heavy (non-hydrogen) atoms. The second-order valence-electron chi connectivity index (χ2n) is 3.10. The summed E-state index contributed by atoms with van der Waals surface area (Å²) in [4.78, 5) is 0. The molecular formula is C12H7Cl2F. The van der Waals surface area contributed by atoms with Crippen molar-refractivity contribution in [2.24, 2.45) is 0 Å². The van der Waals surface area contributed by atoms with Crippen molar-refractivity contribution < 1.29 is 4.39 Å². The predicted octanol–water partition coefficient (Wildman–Crippen LogP) is 4.80. The highest BCUT2D eigenvalue weighted by atomic mass is 35.5. The second-order valence-corrected chi connectivity index (χ2v) is 3.92. The van der Waals surface area contributed by atoms with Crippen LogP contribution >= 0.6 is 23.2 Å². The largest absolute Gasteiger partial charge is 0.207 e. The Morgan fingerprint density at radius 3 is 2.13 bits per heavy atom. The molecule has 2 rings (SSSR count). The molecule has 0 aliphatic rings. The fraction of sp³-hybridized carbons (Fsp3) is 0. The lowest BCUT2D eigenvalue weighted by atomic mass is 10.1. The van der Waals surface area contributed by atoms with Crippen molar-refractivity contribution in [1.29, 1.82) is 0 Å². The summed E-state index contributed by atoms with van der Waals surface area (Å²) >= 11 is 12.0. The normalized spacial score (nSPS) is 10.3. The van der Waals surface area contributed by atoms with Crippen LogP contribution in [0.25, 0.3) is 11.1 Å². The van der Waals surface area contributed by atoms with Crippen molar-refractivity contribution in [2.45, 2.75) is 0 Å². The first-order chi connectivity index (χ1) is 7.18. The average molecular weight is 241 g/mol. The molecule has 0 aromatic heterocycles. The minimum absolute atomic E-state index is 0.351. The van der Waals surface area contributed by atoms with Crippen LogP contribution in [0.5, 0.6) is 0 Å². The SMILES string of the molecule is Fc1ccc(-c2ccccc2Cl)c(Cl)c1. The smallest absolute Gasteiger partial charge is 0.124 e. The molecule has 0 spiro atoms. The quantitative estimate of drug-likeness (QED) is 0.672. The third kappa shape index (κ3) is 2.14. The lowest BCUT2D eigenvalue weighted by Crippen LogP contribution is -1.82. The molecule has 0 saturated carbocycles. The van der Waals surface area contributed by atoms with Crippen molar-refractivity contribution in [3.05, 3.63) is 58.3 Å². The summed E-state index contributed by atoms with van der Waals surface area (Å²) in [6, 6.07) is 11.6. The van der Waals surface area contributed by atoms with Crippen molar-refractivity contribution in [1.82, 2.24) is 0 Å². The van der Waals surface area contributed by atoms with Gasteiger partial charge in [-0.2, -0.15) is 0 Å². The summed E-state index contributed by atoms with van der Waals surface area (Å²) in [5.74, 6) is -0.351. The fourth-order valence-electron chi connectivity index (χ4n) is 1.39. The molecule has 0 bridgehead atoms. The van der Waals surface area contributed by atoms with E-state index >= 15 is 0 Å². The molecule has 0 unspecified atom stereocenters. The van der Waals surface area contributed by atoms with Crippen molar-refractivity contribution in [3.8, 4) is 11.1 Å². The molecule has 0 N–H and O–H groups in total. The van der Waals surface area contributed by atoms with E-state index in [0.717, 1.165) is 11.1 Å². The maximum absolute atomic E-state index is 12.8. The van der Waals surface area contributed by atoms with E-state index in [0.29, 0.717) is 10.0 Å². The van der Waals surface area contributed by atoms with E-state index in [-0.39, 0.29) is 5.82 Å².